The Hall–Kier alpha value is -2.03. The third-order valence-electron chi connectivity index (χ3n) is 4.23. The average molecular weight is 329 g/mol. The summed E-state index contributed by atoms with van der Waals surface area (Å²) in [5.41, 5.74) is 2.99. The number of hydrogen-bond acceptors (Lipinski definition) is 3. The first kappa shape index (κ1) is 18.3. The summed E-state index contributed by atoms with van der Waals surface area (Å²) in [6, 6.07) is 5.86. The van der Waals surface area contributed by atoms with Gasteiger partial charge in [0, 0.05) is 31.9 Å². The molecule has 0 aromatic heterocycles. The molecule has 0 unspecified atom stereocenters. The van der Waals surface area contributed by atoms with Gasteiger partial charge in [0.25, 0.3) is 0 Å². The number of hydrogen-bond donors (Lipinski definition) is 1. The number of nitrogens with one attached hydrogen (secondary N) is 1. The van der Waals surface area contributed by atoms with Gasteiger partial charge < -0.3 is 15.0 Å². The summed E-state index contributed by atoms with van der Waals surface area (Å²) < 4.78 is 5.68. The van der Waals surface area contributed by atoms with E-state index in [1.165, 1.54) is 0 Å². The zero-order valence-corrected chi connectivity index (χ0v) is 14.8. The van der Waals surface area contributed by atoms with E-state index in [9.17, 15) is 4.79 Å². The van der Waals surface area contributed by atoms with Crippen LogP contribution in [-0.4, -0.2) is 54.7 Å². The molecule has 0 saturated carbocycles. The molecule has 1 N–H and O–H groups in total. The maximum atomic E-state index is 12.5. The van der Waals surface area contributed by atoms with Crippen molar-refractivity contribution in [3.63, 3.8) is 0 Å². The first-order chi connectivity index (χ1) is 11.5. The van der Waals surface area contributed by atoms with Gasteiger partial charge in [0.05, 0.1) is 19.3 Å². The van der Waals surface area contributed by atoms with Gasteiger partial charge in [-0.2, -0.15) is 0 Å². The number of nitrogens with zero attached hydrogens (tertiary/aromatic N) is 2. The van der Waals surface area contributed by atoms with Gasteiger partial charge in [-0.3, -0.25) is 4.90 Å². The van der Waals surface area contributed by atoms with Crippen molar-refractivity contribution in [2.24, 2.45) is 0 Å². The molecule has 1 aromatic rings. The number of carbonyl (C=O) groups excluding carboxylic acids is 1. The van der Waals surface area contributed by atoms with Crippen LogP contribution in [0.1, 0.15) is 25.0 Å². The molecule has 5 nitrogen and oxygen atoms in total. The summed E-state index contributed by atoms with van der Waals surface area (Å²) in [4.78, 5) is 16.5. The number of terminal acetylenes is 1. The average Bonchev–Trinajstić information content (AvgIpc) is 2.56. The van der Waals surface area contributed by atoms with Gasteiger partial charge in [0.2, 0.25) is 0 Å². The second kappa shape index (κ2) is 8.72. The highest BCUT2D eigenvalue weighted by atomic mass is 16.5. The summed E-state index contributed by atoms with van der Waals surface area (Å²) in [5.74, 6) is 2.65. The van der Waals surface area contributed by atoms with Crippen LogP contribution >= 0.6 is 0 Å². The summed E-state index contributed by atoms with van der Waals surface area (Å²) in [6.07, 6.45) is 5.52. The number of urea groups is 1. The van der Waals surface area contributed by atoms with Crippen LogP contribution in [0.25, 0.3) is 0 Å². The topological polar surface area (TPSA) is 44.8 Å². The highest BCUT2D eigenvalue weighted by Crippen LogP contribution is 2.21. The largest absolute Gasteiger partial charge is 0.374 e. The van der Waals surface area contributed by atoms with Crippen molar-refractivity contribution >= 4 is 11.7 Å². The zero-order chi connectivity index (χ0) is 17.5. The van der Waals surface area contributed by atoms with E-state index in [0.717, 1.165) is 29.9 Å². The summed E-state index contributed by atoms with van der Waals surface area (Å²) >= 11 is 0. The first-order valence-corrected chi connectivity index (χ1v) is 8.43. The number of carbonyl (C=O) groups is 1. The van der Waals surface area contributed by atoms with Crippen LogP contribution in [0.5, 0.6) is 0 Å². The molecule has 0 bridgehead atoms. The van der Waals surface area contributed by atoms with E-state index in [1.807, 2.05) is 43.9 Å². The number of piperazine rings is 1. The summed E-state index contributed by atoms with van der Waals surface area (Å²) in [7, 11) is 0. The predicted octanol–water partition coefficient (Wildman–Crippen LogP) is 2.70. The Labute approximate surface area is 145 Å². The highest BCUT2D eigenvalue weighted by molar-refractivity contribution is 5.90. The second-order valence-electron chi connectivity index (χ2n) is 6.35. The van der Waals surface area contributed by atoms with Gasteiger partial charge in [0.1, 0.15) is 0 Å². The number of benzene rings is 1. The molecule has 5 heteroatoms. The molecule has 130 valence electrons. The van der Waals surface area contributed by atoms with E-state index in [1.54, 1.807) is 0 Å². The molecule has 1 aromatic carbocycles. The van der Waals surface area contributed by atoms with E-state index < -0.39 is 0 Å². The van der Waals surface area contributed by atoms with Crippen LogP contribution in [0.2, 0.25) is 0 Å². The highest BCUT2D eigenvalue weighted by Gasteiger charge is 2.21. The van der Waals surface area contributed by atoms with Gasteiger partial charge in [-0.05, 0) is 38.0 Å². The number of rotatable bonds is 5. The predicted molar refractivity (Wildman–Crippen MR) is 97.0 cm³/mol. The summed E-state index contributed by atoms with van der Waals surface area (Å²) in [5, 5.41) is 3.03. The molecule has 0 atom stereocenters. The Morgan fingerprint density at radius 3 is 2.67 bits per heavy atom. The van der Waals surface area contributed by atoms with Crippen molar-refractivity contribution in [3.8, 4) is 12.3 Å². The van der Waals surface area contributed by atoms with Crippen molar-refractivity contribution in [2.75, 3.05) is 38.0 Å². The molecule has 0 spiro atoms. The molecule has 1 heterocycles. The fraction of sp³-hybridized carbons (Fsp3) is 0.526. The Morgan fingerprint density at radius 2 is 2.04 bits per heavy atom. The standard InChI is InChI=1S/C19H27N3O2/c1-5-9-21-10-12-22(13-11-21)19(23)20-18-8-6-7-17(16(18)4)14-24-15(2)3/h1,6-8,15H,9-14H2,2-4H3,(H,20,23). The molecule has 24 heavy (non-hydrogen) atoms. The molecular formula is C19H27N3O2. The fourth-order valence-corrected chi connectivity index (χ4v) is 2.66. The number of amides is 2. The number of ether oxygens (including phenoxy) is 1. The van der Waals surface area contributed by atoms with Crippen LogP contribution in [0.4, 0.5) is 10.5 Å². The molecule has 2 amide bonds. The Morgan fingerprint density at radius 1 is 1.33 bits per heavy atom. The molecule has 0 aliphatic carbocycles. The molecule has 0 radical (unpaired) electrons. The Balaban J connectivity index is 1.95. The van der Waals surface area contributed by atoms with Gasteiger partial charge in [-0.1, -0.05) is 18.1 Å². The minimum atomic E-state index is -0.0552. The van der Waals surface area contributed by atoms with Gasteiger partial charge in [-0.25, -0.2) is 4.79 Å². The molecule has 1 aliphatic rings. The normalized spacial score (nSPS) is 15.4. The van der Waals surface area contributed by atoms with Gasteiger partial charge >= 0.3 is 6.03 Å². The van der Waals surface area contributed by atoms with Crippen molar-refractivity contribution in [2.45, 2.75) is 33.5 Å². The maximum Gasteiger partial charge on any atom is 0.321 e. The lowest BCUT2D eigenvalue weighted by Crippen LogP contribution is -2.50. The molecule has 2 rings (SSSR count). The third-order valence-corrected chi connectivity index (χ3v) is 4.23. The summed E-state index contributed by atoms with van der Waals surface area (Å²) in [6.45, 7) is 10.3. The van der Waals surface area contributed by atoms with Crippen LogP contribution in [-0.2, 0) is 11.3 Å². The monoisotopic (exact) mass is 329 g/mol. The van der Waals surface area contributed by atoms with Crippen molar-refractivity contribution in [1.29, 1.82) is 0 Å². The lowest BCUT2D eigenvalue weighted by atomic mass is 10.1. The minimum absolute atomic E-state index is 0.0552. The van der Waals surface area contributed by atoms with E-state index in [4.69, 9.17) is 11.2 Å². The van der Waals surface area contributed by atoms with E-state index in [2.05, 4.69) is 16.1 Å². The minimum Gasteiger partial charge on any atom is -0.374 e. The first-order valence-electron chi connectivity index (χ1n) is 8.43. The Kier molecular flexibility index (Phi) is 6.65. The molecule has 1 saturated heterocycles. The molecule has 1 fully saturated rings. The van der Waals surface area contributed by atoms with Gasteiger partial charge in [-0.15, -0.1) is 6.42 Å². The van der Waals surface area contributed by atoms with E-state index >= 15 is 0 Å². The van der Waals surface area contributed by atoms with E-state index in [-0.39, 0.29) is 12.1 Å². The van der Waals surface area contributed by atoms with Crippen LogP contribution in [0, 0.1) is 19.3 Å². The molecular weight excluding hydrogens is 302 g/mol. The van der Waals surface area contributed by atoms with Crippen molar-refractivity contribution in [3.05, 3.63) is 29.3 Å². The van der Waals surface area contributed by atoms with Crippen LogP contribution < -0.4 is 5.32 Å². The maximum absolute atomic E-state index is 12.5. The van der Waals surface area contributed by atoms with Crippen LogP contribution in [0.15, 0.2) is 18.2 Å². The van der Waals surface area contributed by atoms with Crippen molar-refractivity contribution in [1.82, 2.24) is 9.80 Å². The van der Waals surface area contributed by atoms with E-state index in [0.29, 0.717) is 26.2 Å². The third kappa shape index (κ3) is 4.98. The number of anilines is 1. The fourth-order valence-electron chi connectivity index (χ4n) is 2.66. The lowest BCUT2D eigenvalue weighted by Gasteiger charge is -2.33. The molecule has 1 aliphatic heterocycles. The quantitative estimate of drug-likeness (QED) is 0.845. The smallest absolute Gasteiger partial charge is 0.321 e. The SMILES string of the molecule is C#CCN1CCN(C(=O)Nc2cccc(COC(C)C)c2C)CC1. The zero-order valence-electron chi connectivity index (χ0n) is 14.8. The Bertz CT molecular complexity index is 599. The van der Waals surface area contributed by atoms with Gasteiger partial charge in [0.15, 0.2) is 0 Å². The second-order valence-corrected chi connectivity index (χ2v) is 6.35. The van der Waals surface area contributed by atoms with Crippen molar-refractivity contribution < 1.29 is 9.53 Å². The lowest BCUT2D eigenvalue weighted by molar-refractivity contribution is 0.0654. The van der Waals surface area contributed by atoms with Crippen LogP contribution in [0.3, 0.4) is 0 Å².